The lowest BCUT2D eigenvalue weighted by atomic mass is 10.0. The highest BCUT2D eigenvalue weighted by Crippen LogP contribution is 2.25. The Morgan fingerprint density at radius 3 is 2.57 bits per heavy atom. The van der Waals surface area contributed by atoms with Gasteiger partial charge in [-0.05, 0) is 35.7 Å². The Morgan fingerprint density at radius 1 is 1.07 bits per heavy atom. The van der Waals surface area contributed by atoms with Crippen LogP contribution < -0.4 is 15.4 Å². The van der Waals surface area contributed by atoms with Gasteiger partial charge in [0.25, 0.3) is 0 Å². The summed E-state index contributed by atoms with van der Waals surface area (Å²) in [5.41, 5.74) is 3.61. The van der Waals surface area contributed by atoms with E-state index in [1.54, 1.807) is 13.3 Å². The second-order valence-corrected chi connectivity index (χ2v) is 7.19. The van der Waals surface area contributed by atoms with Crippen molar-refractivity contribution in [1.29, 1.82) is 0 Å². The number of methoxy groups -OCH3 is 1. The number of benzene rings is 2. The standard InChI is InChI=1S/C24H31N5O/c1-4-25-24(26-16-19(2)22-12-7-8-13-23(22)30-3)27-17-20-10-5-6-11-21(20)18-29-15-9-14-28-29/h5-15,19H,4,16-18H2,1-3H3,(H2,25,26,27). The monoisotopic (exact) mass is 405 g/mol. The molecule has 1 aromatic heterocycles. The van der Waals surface area contributed by atoms with Crippen LogP contribution >= 0.6 is 0 Å². The summed E-state index contributed by atoms with van der Waals surface area (Å²) in [5, 5.41) is 11.1. The third-order valence-electron chi connectivity index (χ3n) is 5.01. The first-order valence-corrected chi connectivity index (χ1v) is 10.4. The molecule has 2 aromatic carbocycles. The first kappa shape index (κ1) is 21.4. The fourth-order valence-electron chi connectivity index (χ4n) is 3.37. The van der Waals surface area contributed by atoms with Crippen LogP contribution in [0.4, 0.5) is 0 Å². The minimum atomic E-state index is 0.289. The van der Waals surface area contributed by atoms with Crippen molar-refractivity contribution in [2.24, 2.45) is 4.99 Å². The molecule has 0 fully saturated rings. The molecule has 3 rings (SSSR count). The average Bonchev–Trinajstić information content (AvgIpc) is 3.29. The van der Waals surface area contributed by atoms with Crippen LogP contribution in [0.1, 0.15) is 36.5 Å². The van der Waals surface area contributed by atoms with Crippen LogP contribution in [-0.4, -0.2) is 35.9 Å². The quantitative estimate of drug-likeness (QED) is 0.420. The minimum absolute atomic E-state index is 0.289. The number of para-hydroxylation sites is 1. The van der Waals surface area contributed by atoms with Crippen molar-refractivity contribution in [2.75, 3.05) is 20.2 Å². The molecule has 0 saturated carbocycles. The topological polar surface area (TPSA) is 63.5 Å². The van der Waals surface area contributed by atoms with Crippen LogP contribution in [-0.2, 0) is 13.1 Å². The number of guanidine groups is 1. The van der Waals surface area contributed by atoms with E-state index < -0.39 is 0 Å². The Kier molecular flexibility index (Phi) is 7.89. The number of nitrogens with zero attached hydrogens (tertiary/aromatic N) is 3. The summed E-state index contributed by atoms with van der Waals surface area (Å²) in [6, 6.07) is 18.5. The van der Waals surface area contributed by atoms with E-state index in [4.69, 9.17) is 9.73 Å². The minimum Gasteiger partial charge on any atom is -0.496 e. The fourth-order valence-corrected chi connectivity index (χ4v) is 3.37. The van der Waals surface area contributed by atoms with Crippen LogP contribution in [0.25, 0.3) is 0 Å². The van der Waals surface area contributed by atoms with Crippen LogP contribution in [0.3, 0.4) is 0 Å². The first-order valence-electron chi connectivity index (χ1n) is 10.4. The van der Waals surface area contributed by atoms with Gasteiger partial charge >= 0.3 is 0 Å². The molecular weight excluding hydrogens is 374 g/mol. The van der Waals surface area contributed by atoms with Gasteiger partial charge in [0.1, 0.15) is 5.75 Å². The molecule has 30 heavy (non-hydrogen) atoms. The SMILES string of the molecule is CCNC(=NCc1ccccc1Cn1cccn1)NCC(C)c1ccccc1OC. The molecule has 1 heterocycles. The van der Waals surface area contributed by atoms with E-state index in [2.05, 4.69) is 59.9 Å². The van der Waals surface area contributed by atoms with Crippen LogP contribution in [0.5, 0.6) is 5.75 Å². The Labute approximate surface area is 179 Å². The van der Waals surface area contributed by atoms with Gasteiger partial charge in [0.05, 0.1) is 20.2 Å². The lowest BCUT2D eigenvalue weighted by Gasteiger charge is -2.18. The number of nitrogens with one attached hydrogen (secondary N) is 2. The third-order valence-corrected chi connectivity index (χ3v) is 5.01. The number of rotatable bonds is 9. The van der Waals surface area contributed by atoms with E-state index >= 15 is 0 Å². The van der Waals surface area contributed by atoms with E-state index in [9.17, 15) is 0 Å². The van der Waals surface area contributed by atoms with Gasteiger partial charge in [-0.1, -0.05) is 49.4 Å². The number of aliphatic imine (C=N–C) groups is 1. The predicted octanol–water partition coefficient (Wildman–Crippen LogP) is 3.80. The molecule has 6 heteroatoms. The lowest BCUT2D eigenvalue weighted by molar-refractivity contribution is 0.406. The van der Waals surface area contributed by atoms with E-state index in [-0.39, 0.29) is 5.92 Å². The summed E-state index contributed by atoms with van der Waals surface area (Å²) in [6.45, 7) is 7.19. The van der Waals surface area contributed by atoms with Crippen LogP contribution in [0.15, 0.2) is 72.0 Å². The molecule has 0 aliphatic heterocycles. The van der Waals surface area contributed by atoms with E-state index in [1.807, 2.05) is 35.1 Å². The molecule has 1 unspecified atom stereocenters. The van der Waals surface area contributed by atoms with Crippen molar-refractivity contribution < 1.29 is 4.74 Å². The molecule has 0 radical (unpaired) electrons. The molecule has 0 bridgehead atoms. The predicted molar refractivity (Wildman–Crippen MR) is 122 cm³/mol. The van der Waals surface area contributed by atoms with Crippen LogP contribution in [0, 0.1) is 0 Å². The van der Waals surface area contributed by atoms with Crippen LogP contribution in [0.2, 0.25) is 0 Å². The van der Waals surface area contributed by atoms with Crippen molar-refractivity contribution in [2.45, 2.75) is 32.9 Å². The zero-order valence-corrected chi connectivity index (χ0v) is 18.0. The van der Waals surface area contributed by atoms with Gasteiger partial charge in [0, 0.05) is 31.4 Å². The summed E-state index contributed by atoms with van der Waals surface area (Å²) < 4.78 is 7.43. The van der Waals surface area contributed by atoms with Gasteiger partial charge in [-0.3, -0.25) is 4.68 Å². The highest BCUT2D eigenvalue weighted by Gasteiger charge is 2.11. The highest BCUT2D eigenvalue weighted by atomic mass is 16.5. The normalized spacial score (nSPS) is 12.4. The molecule has 6 nitrogen and oxygen atoms in total. The number of ether oxygens (including phenoxy) is 1. The maximum Gasteiger partial charge on any atom is 0.191 e. The summed E-state index contributed by atoms with van der Waals surface area (Å²) in [5.74, 6) is 2.02. The van der Waals surface area contributed by atoms with Gasteiger partial charge in [-0.2, -0.15) is 5.10 Å². The molecule has 2 N–H and O–H groups in total. The maximum atomic E-state index is 5.50. The van der Waals surface area contributed by atoms with Gasteiger partial charge in [0.15, 0.2) is 5.96 Å². The molecule has 1 atom stereocenters. The smallest absolute Gasteiger partial charge is 0.191 e. The van der Waals surface area contributed by atoms with Crippen molar-refractivity contribution >= 4 is 5.96 Å². The molecule has 0 saturated heterocycles. The zero-order valence-electron chi connectivity index (χ0n) is 18.0. The Morgan fingerprint density at radius 2 is 1.83 bits per heavy atom. The van der Waals surface area contributed by atoms with Crippen molar-refractivity contribution in [3.05, 3.63) is 83.7 Å². The van der Waals surface area contributed by atoms with Crippen molar-refractivity contribution in [3.8, 4) is 5.75 Å². The lowest BCUT2D eigenvalue weighted by Crippen LogP contribution is -2.39. The molecule has 0 amide bonds. The Hall–Kier alpha value is -3.28. The third kappa shape index (κ3) is 5.86. The highest BCUT2D eigenvalue weighted by molar-refractivity contribution is 5.79. The second-order valence-electron chi connectivity index (χ2n) is 7.19. The first-order chi connectivity index (χ1) is 14.7. The Balaban J connectivity index is 1.66. The molecule has 0 aliphatic rings. The summed E-state index contributed by atoms with van der Waals surface area (Å²) in [6.07, 6.45) is 3.78. The molecule has 0 spiro atoms. The summed E-state index contributed by atoms with van der Waals surface area (Å²) in [4.78, 5) is 4.82. The number of hydrogen-bond acceptors (Lipinski definition) is 3. The molecule has 0 aliphatic carbocycles. The second kappa shape index (κ2) is 11.0. The summed E-state index contributed by atoms with van der Waals surface area (Å²) in [7, 11) is 1.71. The fraction of sp³-hybridized carbons (Fsp3) is 0.333. The van der Waals surface area contributed by atoms with Gasteiger partial charge in [-0.25, -0.2) is 4.99 Å². The molecule has 158 valence electrons. The largest absolute Gasteiger partial charge is 0.496 e. The van der Waals surface area contributed by atoms with E-state index in [1.165, 1.54) is 16.7 Å². The maximum absolute atomic E-state index is 5.50. The van der Waals surface area contributed by atoms with Gasteiger partial charge in [-0.15, -0.1) is 0 Å². The van der Waals surface area contributed by atoms with E-state index in [0.29, 0.717) is 6.54 Å². The summed E-state index contributed by atoms with van der Waals surface area (Å²) >= 11 is 0. The van der Waals surface area contributed by atoms with E-state index in [0.717, 1.165) is 31.3 Å². The molecule has 3 aromatic rings. The van der Waals surface area contributed by atoms with Gasteiger partial charge in [0.2, 0.25) is 0 Å². The Bertz CT molecular complexity index is 936. The van der Waals surface area contributed by atoms with Crippen molar-refractivity contribution in [3.63, 3.8) is 0 Å². The number of hydrogen-bond donors (Lipinski definition) is 2. The average molecular weight is 406 g/mol. The van der Waals surface area contributed by atoms with Gasteiger partial charge < -0.3 is 15.4 Å². The number of aromatic nitrogens is 2. The zero-order chi connectivity index (χ0) is 21.2. The molecular formula is C24H31N5O. The van der Waals surface area contributed by atoms with Crippen molar-refractivity contribution in [1.82, 2.24) is 20.4 Å².